The molecule has 1 amide bonds. The molecule has 5 nitrogen and oxygen atoms in total. The van der Waals surface area contributed by atoms with Gasteiger partial charge in [-0.2, -0.15) is 10.4 Å². The number of nitrogens with zero attached hydrogens (tertiary/aromatic N) is 2. The molecular weight excluding hydrogens is 321 g/mol. The topological polar surface area (TPSA) is 74.5 Å². The molecule has 2 aromatic carbocycles. The summed E-state index contributed by atoms with van der Waals surface area (Å²) in [5.74, 6) is -0.248. The maximum atomic E-state index is 13.7. The molecule has 0 aliphatic carbocycles. The highest BCUT2D eigenvalue weighted by Gasteiger charge is 2.11. The van der Waals surface area contributed by atoms with Crippen molar-refractivity contribution in [2.75, 3.05) is 6.61 Å². The predicted octanol–water partition coefficient (Wildman–Crippen LogP) is 3.50. The van der Waals surface area contributed by atoms with Gasteiger partial charge in [0.25, 0.3) is 5.91 Å². The van der Waals surface area contributed by atoms with Crippen LogP contribution in [0.2, 0.25) is 0 Å². The van der Waals surface area contributed by atoms with Gasteiger partial charge >= 0.3 is 0 Å². The molecule has 0 fully saturated rings. The number of carbonyl (C=O) groups excluding carboxylic acids is 1. The Labute approximate surface area is 145 Å². The van der Waals surface area contributed by atoms with Crippen molar-refractivity contribution >= 4 is 12.1 Å². The van der Waals surface area contributed by atoms with E-state index in [1.807, 2.05) is 12.1 Å². The van der Waals surface area contributed by atoms with Gasteiger partial charge in [0, 0.05) is 0 Å². The molecule has 0 saturated carbocycles. The number of ether oxygens (including phenoxy) is 1. The Balaban J connectivity index is 1.94. The Morgan fingerprint density at radius 1 is 1.32 bits per heavy atom. The maximum absolute atomic E-state index is 13.7. The number of hydrogen-bond acceptors (Lipinski definition) is 4. The largest absolute Gasteiger partial charge is 0.493 e. The summed E-state index contributed by atoms with van der Waals surface area (Å²) in [6, 6.07) is 12.7. The number of halogens is 1. The molecule has 6 heteroatoms. The van der Waals surface area contributed by atoms with Crippen LogP contribution in [0, 0.1) is 23.1 Å². The lowest BCUT2D eigenvalue weighted by Gasteiger charge is -2.08. The summed E-state index contributed by atoms with van der Waals surface area (Å²) in [4.78, 5) is 11.9. The van der Waals surface area contributed by atoms with Crippen LogP contribution in [0.4, 0.5) is 4.39 Å². The molecule has 0 saturated heterocycles. The second kappa shape index (κ2) is 8.60. The normalized spacial score (nSPS) is 10.7. The zero-order valence-corrected chi connectivity index (χ0v) is 14.0. The molecule has 0 aliphatic heterocycles. The minimum absolute atomic E-state index is 0.150. The molecule has 2 rings (SSSR count). The van der Waals surface area contributed by atoms with E-state index in [-0.39, 0.29) is 11.1 Å². The summed E-state index contributed by atoms with van der Waals surface area (Å²) >= 11 is 0. The van der Waals surface area contributed by atoms with E-state index in [1.165, 1.54) is 18.3 Å². The second-order valence-corrected chi connectivity index (χ2v) is 5.78. The fraction of sp³-hybridized carbons (Fsp3) is 0.211. The minimum atomic E-state index is -0.765. The number of carbonyl (C=O) groups is 1. The molecule has 128 valence electrons. The average Bonchev–Trinajstić information content (AvgIpc) is 2.60. The van der Waals surface area contributed by atoms with Gasteiger partial charge in [-0.05, 0) is 53.9 Å². The van der Waals surface area contributed by atoms with Crippen LogP contribution in [0.1, 0.15) is 35.3 Å². The van der Waals surface area contributed by atoms with Crippen molar-refractivity contribution in [3.8, 4) is 11.8 Å². The van der Waals surface area contributed by atoms with Gasteiger partial charge in [0.2, 0.25) is 0 Å². The van der Waals surface area contributed by atoms with Crippen molar-refractivity contribution < 1.29 is 13.9 Å². The Morgan fingerprint density at radius 2 is 2.04 bits per heavy atom. The van der Waals surface area contributed by atoms with Gasteiger partial charge in [-0.3, -0.25) is 4.79 Å². The van der Waals surface area contributed by atoms with Crippen LogP contribution in [0.25, 0.3) is 0 Å². The van der Waals surface area contributed by atoms with Gasteiger partial charge < -0.3 is 4.74 Å². The highest BCUT2D eigenvalue weighted by atomic mass is 19.1. The van der Waals surface area contributed by atoms with Crippen molar-refractivity contribution in [3.05, 3.63) is 65.0 Å². The minimum Gasteiger partial charge on any atom is -0.493 e. The van der Waals surface area contributed by atoms with Crippen molar-refractivity contribution in [1.29, 1.82) is 5.26 Å². The molecule has 0 bridgehead atoms. The number of rotatable bonds is 6. The summed E-state index contributed by atoms with van der Waals surface area (Å²) in [6.07, 6.45) is 1.45. The van der Waals surface area contributed by atoms with Crippen molar-refractivity contribution in [2.45, 2.75) is 13.8 Å². The first-order chi connectivity index (χ1) is 12.0. The van der Waals surface area contributed by atoms with Crippen molar-refractivity contribution in [2.24, 2.45) is 11.0 Å². The first-order valence-corrected chi connectivity index (χ1v) is 7.75. The van der Waals surface area contributed by atoms with Crippen LogP contribution in [-0.2, 0) is 0 Å². The molecule has 0 spiro atoms. The van der Waals surface area contributed by atoms with Crippen LogP contribution in [0.3, 0.4) is 0 Å². The van der Waals surface area contributed by atoms with Gasteiger partial charge in [0.05, 0.1) is 30.0 Å². The van der Waals surface area contributed by atoms with Crippen molar-refractivity contribution in [3.63, 3.8) is 0 Å². The van der Waals surface area contributed by atoms with Gasteiger partial charge in [0.1, 0.15) is 11.6 Å². The van der Waals surface area contributed by atoms with Crippen LogP contribution in [0.15, 0.2) is 47.6 Å². The zero-order chi connectivity index (χ0) is 18.2. The second-order valence-electron chi connectivity index (χ2n) is 5.78. The summed E-state index contributed by atoms with van der Waals surface area (Å²) in [7, 11) is 0. The monoisotopic (exact) mass is 339 g/mol. The fourth-order valence-electron chi connectivity index (χ4n) is 1.91. The summed E-state index contributed by atoms with van der Waals surface area (Å²) in [6.45, 7) is 4.78. The summed E-state index contributed by atoms with van der Waals surface area (Å²) < 4.78 is 19.3. The highest BCUT2D eigenvalue weighted by molar-refractivity contribution is 5.95. The number of amides is 1. The lowest BCUT2D eigenvalue weighted by Crippen LogP contribution is -2.19. The van der Waals surface area contributed by atoms with E-state index in [1.54, 1.807) is 18.2 Å². The number of nitrogens with one attached hydrogen (secondary N) is 1. The molecule has 1 N–H and O–H groups in total. The highest BCUT2D eigenvalue weighted by Crippen LogP contribution is 2.12. The molecule has 0 unspecified atom stereocenters. The third-order valence-corrected chi connectivity index (χ3v) is 3.19. The molecular formula is C19H18FN3O2. The molecule has 0 aliphatic rings. The molecule has 0 aromatic heterocycles. The van der Waals surface area contributed by atoms with Gasteiger partial charge in [-0.1, -0.05) is 13.8 Å². The van der Waals surface area contributed by atoms with E-state index in [0.717, 1.165) is 17.4 Å². The van der Waals surface area contributed by atoms with E-state index in [9.17, 15) is 9.18 Å². The lowest BCUT2D eigenvalue weighted by molar-refractivity contribution is 0.0951. The van der Waals surface area contributed by atoms with Crippen LogP contribution in [0.5, 0.6) is 5.75 Å². The third kappa shape index (κ3) is 5.43. The molecule has 0 radical (unpaired) electrons. The molecule has 0 heterocycles. The zero-order valence-electron chi connectivity index (χ0n) is 14.0. The SMILES string of the molecule is CC(C)COc1ccc(/C=N/NC(=O)c2ccc(C#N)cc2F)cc1. The number of nitriles is 1. The summed E-state index contributed by atoms with van der Waals surface area (Å²) in [5.41, 5.74) is 3.00. The van der Waals surface area contributed by atoms with Gasteiger partial charge in [-0.15, -0.1) is 0 Å². The molecule has 0 atom stereocenters. The summed E-state index contributed by atoms with van der Waals surface area (Å²) in [5, 5.41) is 12.5. The third-order valence-electron chi connectivity index (χ3n) is 3.19. The van der Waals surface area contributed by atoms with E-state index < -0.39 is 11.7 Å². The number of hydrogen-bond donors (Lipinski definition) is 1. The number of hydrazone groups is 1. The lowest BCUT2D eigenvalue weighted by atomic mass is 10.1. The first-order valence-electron chi connectivity index (χ1n) is 7.75. The smallest absolute Gasteiger partial charge is 0.274 e. The van der Waals surface area contributed by atoms with Crippen LogP contribution in [-0.4, -0.2) is 18.7 Å². The molecule has 25 heavy (non-hydrogen) atoms. The van der Waals surface area contributed by atoms with E-state index in [4.69, 9.17) is 10.00 Å². The Morgan fingerprint density at radius 3 is 2.64 bits per heavy atom. The van der Waals surface area contributed by atoms with Crippen LogP contribution < -0.4 is 10.2 Å². The Kier molecular flexibility index (Phi) is 6.24. The number of benzene rings is 2. The van der Waals surface area contributed by atoms with Gasteiger partial charge in [-0.25, -0.2) is 9.82 Å². The standard InChI is InChI=1S/C19H18FN3O2/c1-13(2)12-25-16-6-3-14(4-7-16)11-22-23-19(24)17-8-5-15(10-21)9-18(17)20/h3-9,11,13H,12H2,1-2H3,(H,23,24)/b22-11+. The fourth-order valence-corrected chi connectivity index (χ4v) is 1.91. The first kappa shape index (κ1) is 18.1. The van der Waals surface area contributed by atoms with E-state index in [0.29, 0.717) is 12.5 Å². The Bertz CT molecular complexity index is 808. The van der Waals surface area contributed by atoms with Crippen LogP contribution >= 0.6 is 0 Å². The van der Waals surface area contributed by atoms with Gasteiger partial charge in [0.15, 0.2) is 0 Å². The predicted molar refractivity (Wildman–Crippen MR) is 93.0 cm³/mol. The maximum Gasteiger partial charge on any atom is 0.274 e. The van der Waals surface area contributed by atoms with E-state index >= 15 is 0 Å². The average molecular weight is 339 g/mol. The quantitative estimate of drug-likeness (QED) is 0.646. The Hall–Kier alpha value is -3.20. The van der Waals surface area contributed by atoms with Crippen molar-refractivity contribution in [1.82, 2.24) is 5.43 Å². The van der Waals surface area contributed by atoms with E-state index in [2.05, 4.69) is 24.4 Å². The molecule has 2 aromatic rings.